The molecule has 0 aliphatic heterocycles. The van der Waals surface area contributed by atoms with E-state index in [0.717, 1.165) is 49.3 Å². The molecule has 0 heterocycles. The Kier molecular flexibility index (Phi) is 13.7. The summed E-state index contributed by atoms with van der Waals surface area (Å²) in [5.74, 6) is 1.16. The lowest BCUT2D eigenvalue weighted by Crippen LogP contribution is -2.20. The van der Waals surface area contributed by atoms with E-state index in [2.05, 4.69) is 82.7 Å². The van der Waals surface area contributed by atoms with Crippen molar-refractivity contribution in [3.8, 4) is 0 Å². The third-order valence-electron chi connectivity index (χ3n) is 4.46. The molecular formula is C26H38N4. The molecule has 0 saturated heterocycles. The molecule has 0 radical (unpaired) electrons. The van der Waals surface area contributed by atoms with Gasteiger partial charge in [0, 0.05) is 31.5 Å². The number of unbranched alkanes of at least 4 members (excludes halogenated alkanes) is 1. The normalized spacial score (nSPS) is 17.6. The molecule has 0 bridgehead atoms. The zero-order valence-electron chi connectivity index (χ0n) is 19.3. The molecule has 0 aromatic heterocycles. The Hall–Kier alpha value is -2.68. The van der Waals surface area contributed by atoms with Crippen molar-refractivity contribution in [1.29, 1.82) is 0 Å². The Morgan fingerprint density at radius 2 is 2.10 bits per heavy atom. The number of nitrogens with zero attached hydrogens (tertiary/aromatic N) is 2. The molecule has 0 fully saturated rings. The minimum absolute atomic E-state index is 0.390. The van der Waals surface area contributed by atoms with Gasteiger partial charge in [0.15, 0.2) is 0 Å². The number of aliphatic imine (C=N–C) groups is 2. The van der Waals surface area contributed by atoms with Crippen molar-refractivity contribution in [2.45, 2.75) is 46.5 Å². The summed E-state index contributed by atoms with van der Waals surface area (Å²) in [6.07, 6.45) is 24.7. The first-order chi connectivity index (χ1) is 14.6. The van der Waals surface area contributed by atoms with Gasteiger partial charge in [0.2, 0.25) is 0 Å². The Labute approximate surface area is 183 Å². The van der Waals surface area contributed by atoms with Gasteiger partial charge in [-0.05, 0) is 44.8 Å². The third-order valence-corrected chi connectivity index (χ3v) is 4.46. The number of hydrogen-bond donors (Lipinski definition) is 2. The average Bonchev–Trinajstić information content (AvgIpc) is 2.93. The zero-order valence-corrected chi connectivity index (χ0v) is 19.3. The first-order valence-corrected chi connectivity index (χ1v) is 10.9. The van der Waals surface area contributed by atoms with Gasteiger partial charge >= 0.3 is 0 Å². The second-order valence-corrected chi connectivity index (χ2v) is 7.20. The van der Waals surface area contributed by atoms with Crippen molar-refractivity contribution < 1.29 is 0 Å². The Balaban J connectivity index is 2.73. The molecule has 0 amide bonds. The minimum atomic E-state index is 0.390. The lowest BCUT2D eigenvalue weighted by molar-refractivity contribution is 0.786. The van der Waals surface area contributed by atoms with E-state index in [9.17, 15) is 0 Å². The highest BCUT2D eigenvalue weighted by atomic mass is 15.0. The van der Waals surface area contributed by atoms with Crippen LogP contribution in [-0.4, -0.2) is 32.7 Å². The summed E-state index contributed by atoms with van der Waals surface area (Å²) in [6.45, 7) is 7.40. The fourth-order valence-electron chi connectivity index (χ4n) is 2.88. The summed E-state index contributed by atoms with van der Waals surface area (Å²) in [5, 5.41) is 6.58. The molecule has 1 aliphatic rings. The SMILES string of the molecule is C/C=C\C/C(=C\CCC)N/C(C=C=C/N=C/C1=CC(C)C=C(CCNC)C=C1)=N/C. The summed E-state index contributed by atoms with van der Waals surface area (Å²) < 4.78 is 0. The first-order valence-electron chi connectivity index (χ1n) is 10.9. The van der Waals surface area contributed by atoms with E-state index in [0.29, 0.717) is 5.92 Å². The minimum Gasteiger partial charge on any atom is -0.344 e. The van der Waals surface area contributed by atoms with Gasteiger partial charge < -0.3 is 10.6 Å². The van der Waals surface area contributed by atoms with Gasteiger partial charge in [-0.25, -0.2) is 0 Å². The van der Waals surface area contributed by atoms with Crippen LogP contribution >= 0.6 is 0 Å². The molecule has 30 heavy (non-hydrogen) atoms. The van der Waals surface area contributed by atoms with Gasteiger partial charge in [0.1, 0.15) is 5.84 Å². The molecule has 1 atom stereocenters. The van der Waals surface area contributed by atoms with Crippen molar-refractivity contribution in [1.82, 2.24) is 10.6 Å². The predicted molar refractivity (Wildman–Crippen MR) is 133 cm³/mol. The van der Waals surface area contributed by atoms with Crippen LogP contribution in [0.1, 0.15) is 46.5 Å². The van der Waals surface area contributed by atoms with Crippen molar-refractivity contribution in [2.75, 3.05) is 20.6 Å². The fourth-order valence-corrected chi connectivity index (χ4v) is 2.88. The van der Waals surface area contributed by atoms with Crippen LogP contribution in [0, 0.1) is 5.92 Å². The average molecular weight is 407 g/mol. The first kappa shape index (κ1) is 25.4. The quantitative estimate of drug-likeness (QED) is 0.201. The van der Waals surface area contributed by atoms with E-state index in [1.54, 1.807) is 13.2 Å². The van der Waals surface area contributed by atoms with Crippen LogP contribution in [0.5, 0.6) is 0 Å². The molecule has 1 rings (SSSR count). The van der Waals surface area contributed by atoms with Gasteiger partial charge in [-0.1, -0.05) is 74.1 Å². The van der Waals surface area contributed by atoms with Crippen LogP contribution in [0.3, 0.4) is 0 Å². The summed E-state index contributed by atoms with van der Waals surface area (Å²) in [4.78, 5) is 8.69. The van der Waals surface area contributed by atoms with E-state index < -0.39 is 0 Å². The second kappa shape index (κ2) is 16.2. The van der Waals surface area contributed by atoms with Crippen molar-refractivity contribution in [3.63, 3.8) is 0 Å². The van der Waals surface area contributed by atoms with Crippen molar-refractivity contribution in [2.24, 2.45) is 15.9 Å². The number of rotatable bonds is 11. The summed E-state index contributed by atoms with van der Waals surface area (Å²) in [6, 6.07) is 0. The van der Waals surface area contributed by atoms with Gasteiger partial charge in [0.05, 0.1) is 6.20 Å². The summed E-state index contributed by atoms with van der Waals surface area (Å²) >= 11 is 0. The Morgan fingerprint density at radius 3 is 2.80 bits per heavy atom. The number of allylic oxidation sites excluding steroid dienone is 8. The van der Waals surface area contributed by atoms with Crippen LogP contribution in [-0.2, 0) is 0 Å². The molecule has 4 heteroatoms. The van der Waals surface area contributed by atoms with Crippen LogP contribution in [0.25, 0.3) is 0 Å². The molecule has 0 spiro atoms. The fraction of sp³-hybridized carbons (Fsp3) is 0.423. The Morgan fingerprint density at radius 1 is 1.27 bits per heavy atom. The molecule has 1 aliphatic carbocycles. The highest BCUT2D eigenvalue weighted by molar-refractivity contribution is 5.93. The number of amidine groups is 1. The molecule has 162 valence electrons. The molecule has 0 aromatic carbocycles. The molecular weight excluding hydrogens is 368 g/mol. The van der Waals surface area contributed by atoms with Crippen LogP contribution < -0.4 is 10.6 Å². The molecule has 2 N–H and O–H groups in total. The zero-order chi connectivity index (χ0) is 22.0. The lowest BCUT2D eigenvalue weighted by Gasteiger charge is -2.08. The van der Waals surface area contributed by atoms with E-state index in [1.165, 1.54) is 5.57 Å². The lowest BCUT2D eigenvalue weighted by atomic mass is 10.1. The topological polar surface area (TPSA) is 48.8 Å². The largest absolute Gasteiger partial charge is 0.344 e. The Bertz CT molecular complexity index is 782. The smallest absolute Gasteiger partial charge is 0.132 e. The van der Waals surface area contributed by atoms with Gasteiger partial charge in [-0.15, -0.1) is 0 Å². The third kappa shape index (κ3) is 11.4. The van der Waals surface area contributed by atoms with Crippen LogP contribution in [0.2, 0.25) is 0 Å². The monoisotopic (exact) mass is 406 g/mol. The number of hydrogen-bond acceptors (Lipinski definition) is 3. The van der Waals surface area contributed by atoms with Crippen molar-refractivity contribution in [3.05, 3.63) is 77.4 Å². The highest BCUT2D eigenvalue weighted by Crippen LogP contribution is 2.16. The van der Waals surface area contributed by atoms with Crippen LogP contribution in [0.4, 0.5) is 0 Å². The van der Waals surface area contributed by atoms with Gasteiger partial charge in [-0.3, -0.25) is 9.98 Å². The maximum Gasteiger partial charge on any atom is 0.132 e. The maximum atomic E-state index is 4.39. The summed E-state index contributed by atoms with van der Waals surface area (Å²) in [5.41, 5.74) is 6.71. The van der Waals surface area contributed by atoms with Crippen LogP contribution in [0.15, 0.2) is 87.4 Å². The van der Waals surface area contributed by atoms with E-state index >= 15 is 0 Å². The summed E-state index contributed by atoms with van der Waals surface area (Å²) in [7, 11) is 3.76. The molecule has 1 unspecified atom stereocenters. The number of nitrogens with one attached hydrogen (secondary N) is 2. The highest BCUT2D eigenvalue weighted by Gasteiger charge is 2.03. The van der Waals surface area contributed by atoms with E-state index in [4.69, 9.17) is 0 Å². The maximum absolute atomic E-state index is 4.39. The molecule has 0 saturated carbocycles. The molecule has 4 nitrogen and oxygen atoms in total. The van der Waals surface area contributed by atoms with E-state index in [-0.39, 0.29) is 0 Å². The molecule has 0 aromatic rings. The van der Waals surface area contributed by atoms with Gasteiger partial charge in [-0.2, -0.15) is 0 Å². The van der Waals surface area contributed by atoms with Gasteiger partial charge in [0.25, 0.3) is 0 Å². The second-order valence-electron chi connectivity index (χ2n) is 7.20. The van der Waals surface area contributed by atoms with Crippen molar-refractivity contribution >= 4 is 12.1 Å². The standard InChI is InChI=1S/C26H38N4/c1-6-8-11-25(12-9-7-2)30-26(28-5)13-10-17-29-21-24-15-14-23(16-18-27-4)19-22(3)20-24/h6,8,12-15,17,19-22,27H,7,9,11,16,18H2,1-5H3,(H,28,30)/b8-6-,25-12+,29-21+. The van der Waals surface area contributed by atoms with E-state index in [1.807, 2.05) is 26.3 Å². The predicted octanol–water partition coefficient (Wildman–Crippen LogP) is 5.66.